The van der Waals surface area contributed by atoms with Crippen molar-refractivity contribution < 1.29 is 19.0 Å². The van der Waals surface area contributed by atoms with Crippen molar-refractivity contribution in [2.24, 2.45) is 11.8 Å². The molecule has 1 N–H and O–H groups in total. The maximum atomic E-state index is 11.7. The Morgan fingerprint density at radius 3 is 2.19 bits per heavy atom. The molecule has 0 aliphatic rings. The van der Waals surface area contributed by atoms with Gasteiger partial charge in [-0.1, -0.05) is 94.7 Å². The summed E-state index contributed by atoms with van der Waals surface area (Å²) in [7, 11) is 3.72. The molecule has 0 aliphatic heterocycles. The Kier molecular flexibility index (Phi) is 19.8. The zero-order valence-corrected chi connectivity index (χ0v) is 23.1. The van der Waals surface area contributed by atoms with Crippen LogP contribution in [0.15, 0.2) is 0 Å². The van der Waals surface area contributed by atoms with Crippen molar-refractivity contribution in [2.45, 2.75) is 90.8 Å². The van der Waals surface area contributed by atoms with Crippen LogP contribution in [-0.2, 0) is 19.0 Å². The summed E-state index contributed by atoms with van der Waals surface area (Å²) in [5, 5.41) is 2.77. The molecule has 1 amide bonds. The van der Waals surface area contributed by atoms with Gasteiger partial charge in [-0.3, -0.25) is 4.79 Å². The van der Waals surface area contributed by atoms with Crippen molar-refractivity contribution in [3.05, 3.63) is 0 Å². The second kappa shape index (κ2) is 20.0. The van der Waals surface area contributed by atoms with Crippen LogP contribution in [0.5, 0.6) is 0 Å². The summed E-state index contributed by atoms with van der Waals surface area (Å²) in [5.74, 6) is 6.99. The Labute approximate surface area is 205 Å². The number of hydrogen-bond acceptors (Lipinski definition) is 6. The van der Waals surface area contributed by atoms with Gasteiger partial charge >= 0.3 is 0 Å². The summed E-state index contributed by atoms with van der Waals surface area (Å²) in [6.07, 6.45) is 5.16. The van der Waals surface area contributed by atoms with E-state index in [2.05, 4.69) is 51.8 Å². The van der Waals surface area contributed by atoms with Crippen molar-refractivity contribution >= 4 is 27.5 Å². The molecule has 0 aromatic carbocycles. The van der Waals surface area contributed by atoms with Crippen LogP contribution < -0.4 is 5.32 Å². The number of nitrogens with one attached hydrogen (secondary N) is 1. The third kappa shape index (κ3) is 24.3. The Morgan fingerprint density at radius 2 is 1.56 bits per heavy atom. The van der Waals surface area contributed by atoms with Gasteiger partial charge in [0.05, 0.1) is 39.6 Å². The molecule has 7 heteroatoms. The normalized spacial score (nSPS) is 12.7. The van der Waals surface area contributed by atoms with Gasteiger partial charge in [0.1, 0.15) is 5.44 Å². The van der Waals surface area contributed by atoms with Crippen LogP contribution in [0.2, 0.25) is 0 Å². The van der Waals surface area contributed by atoms with E-state index >= 15 is 0 Å². The van der Waals surface area contributed by atoms with E-state index in [0.717, 1.165) is 12.3 Å². The molecule has 0 saturated heterocycles. The number of ether oxygens (including phenoxy) is 3. The zero-order valence-electron chi connectivity index (χ0n) is 21.5. The van der Waals surface area contributed by atoms with Crippen LogP contribution >= 0.6 is 21.6 Å². The van der Waals surface area contributed by atoms with Gasteiger partial charge in [0, 0.05) is 17.1 Å². The molecule has 1 atom stereocenters. The van der Waals surface area contributed by atoms with Gasteiger partial charge in [0.15, 0.2) is 0 Å². The lowest BCUT2D eigenvalue weighted by Crippen LogP contribution is -2.25. The maximum absolute atomic E-state index is 11.7. The van der Waals surface area contributed by atoms with Crippen LogP contribution in [-0.4, -0.2) is 55.7 Å². The highest BCUT2D eigenvalue weighted by atomic mass is 33.1. The summed E-state index contributed by atoms with van der Waals surface area (Å²) in [6, 6.07) is 0. The van der Waals surface area contributed by atoms with Crippen molar-refractivity contribution in [3.8, 4) is 11.8 Å². The first-order valence-corrected chi connectivity index (χ1v) is 14.2. The number of rotatable bonds is 18. The van der Waals surface area contributed by atoms with Gasteiger partial charge in [-0.05, 0) is 18.8 Å². The molecule has 0 saturated carbocycles. The summed E-state index contributed by atoms with van der Waals surface area (Å²) < 4.78 is 17.4. The molecule has 0 heterocycles. The van der Waals surface area contributed by atoms with Crippen molar-refractivity contribution in [1.82, 2.24) is 5.32 Å². The lowest BCUT2D eigenvalue weighted by atomic mass is 10.1. The predicted octanol–water partition coefficient (Wildman–Crippen LogP) is 5.92. The first-order chi connectivity index (χ1) is 15.1. The molecule has 0 bridgehead atoms. The molecule has 0 fully saturated rings. The van der Waals surface area contributed by atoms with E-state index in [-0.39, 0.29) is 16.1 Å². The standard InChI is InChI=1S/C25H47NO4S2/c1-21(2)11-8-9-13-24(31-32-25(5,6)7)30-20-19-29-18-17-28-16-14-23(27)26-15-10-12-22(3)4/h21-22,24H,8-9,11,13-20H2,1-7H3,(H,26,27)/t24-/m1/s1. The highest BCUT2D eigenvalue weighted by molar-refractivity contribution is 8.77. The van der Waals surface area contributed by atoms with Crippen molar-refractivity contribution in [1.29, 1.82) is 0 Å². The fourth-order valence-corrected chi connectivity index (χ4v) is 4.89. The van der Waals surface area contributed by atoms with Gasteiger partial charge in [0.25, 0.3) is 0 Å². The SMILES string of the molecule is CC(C)C#CCNC(=O)CCOCCOCCO[C@@H](CCCCC(C)C)SSC(C)(C)C. The number of carbonyl (C=O) groups is 1. The number of carbonyl (C=O) groups excluding carboxylic acids is 1. The highest BCUT2D eigenvalue weighted by Crippen LogP contribution is 2.39. The molecule has 0 spiro atoms. The molecule has 0 unspecified atom stereocenters. The molecular weight excluding hydrogens is 442 g/mol. The van der Waals surface area contributed by atoms with Crippen LogP contribution in [0.3, 0.4) is 0 Å². The second-order valence-corrected chi connectivity index (χ2v) is 12.7. The average Bonchev–Trinajstić information content (AvgIpc) is 2.69. The Hall–Kier alpha value is -0.390. The minimum atomic E-state index is -0.0394. The van der Waals surface area contributed by atoms with Crippen molar-refractivity contribution in [3.63, 3.8) is 0 Å². The third-order valence-corrected chi connectivity index (χ3v) is 7.63. The summed E-state index contributed by atoms with van der Waals surface area (Å²) in [5.41, 5.74) is 0.204. The lowest BCUT2D eigenvalue weighted by Gasteiger charge is -2.22. The number of amides is 1. The smallest absolute Gasteiger partial charge is 0.223 e. The minimum absolute atomic E-state index is 0.0394. The number of unbranched alkanes of at least 4 members (excludes halogenated alkanes) is 1. The van der Waals surface area contributed by atoms with E-state index in [1.54, 1.807) is 0 Å². The quantitative estimate of drug-likeness (QED) is 0.112. The molecule has 5 nitrogen and oxygen atoms in total. The topological polar surface area (TPSA) is 56.8 Å². The van der Waals surface area contributed by atoms with Crippen LogP contribution in [0.4, 0.5) is 0 Å². The van der Waals surface area contributed by atoms with Crippen LogP contribution in [0, 0.1) is 23.7 Å². The van der Waals surface area contributed by atoms with E-state index in [1.807, 2.05) is 35.4 Å². The number of hydrogen-bond donors (Lipinski definition) is 1. The fourth-order valence-electron chi connectivity index (χ4n) is 2.43. The first kappa shape index (κ1) is 31.6. The van der Waals surface area contributed by atoms with Gasteiger partial charge < -0.3 is 19.5 Å². The molecule has 188 valence electrons. The van der Waals surface area contributed by atoms with Crippen LogP contribution in [0.25, 0.3) is 0 Å². The first-order valence-electron chi connectivity index (χ1n) is 12.0. The van der Waals surface area contributed by atoms with E-state index in [0.29, 0.717) is 51.9 Å². The predicted molar refractivity (Wildman–Crippen MR) is 140 cm³/mol. The molecule has 0 aromatic rings. The molecule has 0 aliphatic carbocycles. The Balaban J connectivity index is 3.79. The zero-order chi connectivity index (χ0) is 24.2. The fraction of sp³-hybridized carbons (Fsp3) is 0.880. The molecule has 0 rings (SSSR count). The molecular formula is C25H47NO4S2. The summed E-state index contributed by atoms with van der Waals surface area (Å²) in [6.45, 7) is 18.2. The van der Waals surface area contributed by atoms with Crippen LogP contribution in [0.1, 0.15) is 80.6 Å². The molecule has 32 heavy (non-hydrogen) atoms. The van der Waals surface area contributed by atoms with E-state index < -0.39 is 0 Å². The highest BCUT2D eigenvalue weighted by Gasteiger charge is 2.17. The van der Waals surface area contributed by atoms with Crippen molar-refractivity contribution in [2.75, 3.05) is 39.6 Å². The molecule has 0 aromatic heterocycles. The van der Waals surface area contributed by atoms with E-state index in [9.17, 15) is 4.79 Å². The van der Waals surface area contributed by atoms with Gasteiger partial charge in [0.2, 0.25) is 5.91 Å². The minimum Gasteiger partial charge on any atom is -0.379 e. The summed E-state index contributed by atoms with van der Waals surface area (Å²) >= 11 is 0. The Bertz CT molecular complexity index is 524. The maximum Gasteiger partial charge on any atom is 0.223 e. The average molecular weight is 490 g/mol. The largest absolute Gasteiger partial charge is 0.379 e. The van der Waals surface area contributed by atoms with E-state index in [4.69, 9.17) is 14.2 Å². The van der Waals surface area contributed by atoms with Gasteiger partial charge in [-0.2, -0.15) is 0 Å². The van der Waals surface area contributed by atoms with Gasteiger partial charge in [-0.25, -0.2) is 0 Å². The monoisotopic (exact) mass is 489 g/mol. The second-order valence-electron chi connectivity index (χ2n) is 9.50. The van der Waals surface area contributed by atoms with E-state index in [1.165, 1.54) is 19.3 Å². The lowest BCUT2D eigenvalue weighted by molar-refractivity contribution is -0.122. The Morgan fingerprint density at radius 1 is 0.938 bits per heavy atom. The summed E-state index contributed by atoms with van der Waals surface area (Å²) in [4.78, 5) is 11.7. The molecule has 0 radical (unpaired) electrons. The third-order valence-electron chi connectivity index (χ3n) is 4.02. The van der Waals surface area contributed by atoms with Gasteiger partial charge in [-0.15, -0.1) is 0 Å².